The second-order valence-electron chi connectivity index (χ2n) is 6.19. The lowest BCUT2D eigenvalue weighted by Crippen LogP contribution is -2.44. The largest absolute Gasteiger partial charge is 0.480 e. The lowest BCUT2D eigenvalue weighted by molar-refractivity contribution is -0.141. The number of carboxylic acid groups (broad SMARTS) is 2. The van der Waals surface area contributed by atoms with E-state index in [4.69, 9.17) is 15.3 Å². The number of nitrogens with one attached hydrogen (secondary N) is 4. The quantitative estimate of drug-likeness (QED) is 0.104. The molecule has 0 aromatic carbocycles. The van der Waals surface area contributed by atoms with Gasteiger partial charge in [0.25, 0.3) is 0 Å². The predicted octanol–water partition coefficient (Wildman–Crippen LogP) is -3.92. The monoisotopic (exact) mass is 407 g/mol. The van der Waals surface area contributed by atoms with Gasteiger partial charge in [-0.05, 0) is 0 Å². The van der Waals surface area contributed by atoms with Gasteiger partial charge < -0.3 is 41.7 Å². The zero-order valence-corrected chi connectivity index (χ0v) is 16.2. The number of aliphatic hydroxyl groups excluding tert-OH is 2. The van der Waals surface area contributed by atoms with Crippen LogP contribution in [0.15, 0.2) is 0 Å². The third-order valence-electron chi connectivity index (χ3n) is 3.80. The third-order valence-corrected chi connectivity index (χ3v) is 3.80. The normalized spacial score (nSPS) is 13.3. The van der Waals surface area contributed by atoms with Crippen molar-refractivity contribution in [2.45, 2.75) is 18.6 Å². The summed E-state index contributed by atoms with van der Waals surface area (Å²) in [5, 5.41) is 47.5. The van der Waals surface area contributed by atoms with Crippen molar-refractivity contribution in [2.75, 3.05) is 66.0 Å². The van der Waals surface area contributed by atoms with Gasteiger partial charge in [-0.25, -0.2) is 0 Å². The molecular weight excluding hydrogens is 374 g/mol. The Morgan fingerprint density at radius 1 is 0.964 bits per heavy atom. The van der Waals surface area contributed by atoms with Gasteiger partial charge in [-0.15, -0.1) is 0 Å². The molecule has 8 N–H and O–H groups in total. The summed E-state index contributed by atoms with van der Waals surface area (Å²) in [6.45, 7) is 2.38. The van der Waals surface area contributed by atoms with Crippen molar-refractivity contribution in [3.8, 4) is 0 Å². The average molecular weight is 407 g/mol. The van der Waals surface area contributed by atoms with Crippen molar-refractivity contribution < 1.29 is 34.8 Å². The molecular formula is C16H33N5O7. The second kappa shape index (κ2) is 16.2. The molecule has 0 aromatic rings. The minimum Gasteiger partial charge on any atom is -0.480 e. The molecule has 0 heterocycles. The molecule has 0 aliphatic carbocycles. The van der Waals surface area contributed by atoms with Crippen molar-refractivity contribution in [3.05, 3.63) is 0 Å². The molecule has 0 bridgehead atoms. The predicted molar refractivity (Wildman–Crippen MR) is 101 cm³/mol. The van der Waals surface area contributed by atoms with Gasteiger partial charge in [0.05, 0.1) is 25.8 Å². The summed E-state index contributed by atoms with van der Waals surface area (Å²) in [7, 11) is 1.49. The van der Waals surface area contributed by atoms with E-state index in [0.717, 1.165) is 0 Å². The van der Waals surface area contributed by atoms with E-state index in [1.165, 1.54) is 11.9 Å². The Kier molecular flexibility index (Phi) is 15.1. The lowest BCUT2D eigenvalue weighted by Gasteiger charge is -2.19. The second-order valence-corrected chi connectivity index (χ2v) is 6.19. The highest BCUT2D eigenvalue weighted by molar-refractivity contribution is 5.78. The van der Waals surface area contributed by atoms with Gasteiger partial charge in [0, 0.05) is 52.7 Å². The van der Waals surface area contributed by atoms with E-state index in [1.54, 1.807) is 0 Å². The van der Waals surface area contributed by atoms with E-state index in [1.807, 2.05) is 0 Å². The zero-order chi connectivity index (χ0) is 21.4. The molecule has 12 nitrogen and oxygen atoms in total. The first-order valence-electron chi connectivity index (χ1n) is 9.11. The molecule has 0 saturated carbocycles. The fourth-order valence-electron chi connectivity index (χ4n) is 2.30. The van der Waals surface area contributed by atoms with Crippen molar-refractivity contribution in [1.82, 2.24) is 26.2 Å². The molecule has 0 radical (unpaired) electrons. The maximum absolute atomic E-state index is 11.4. The van der Waals surface area contributed by atoms with Crippen LogP contribution in [0.4, 0.5) is 0 Å². The van der Waals surface area contributed by atoms with Crippen LogP contribution in [-0.4, -0.2) is 121 Å². The van der Waals surface area contributed by atoms with Gasteiger partial charge in [0.15, 0.2) is 0 Å². The summed E-state index contributed by atoms with van der Waals surface area (Å²) in [5.74, 6) is -2.33. The summed E-state index contributed by atoms with van der Waals surface area (Å²) in [6, 6.07) is -0.928. The molecule has 28 heavy (non-hydrogen) atoms. The molecule has 2 unspecified atom stereocenters. The van der Waals surface area contributed by atoms with Crippen LogP contribution in [-0.2, 0) is 14.4 Å². The number of rotatable bonds is 18. The maximum Gasteiger partial charge on any atom is 0.320 e. The summed E-state index contributed by atoms with van der Waals surface area (Å²) in [5.41, 5.74) is 0. The molecule has 0 aliphatic heterocycles. The highest BCUT2D eigenvalue weighted by Crippen LogP contribution is 1.98. The molecule has 2 atom stereocenters. The highest BCUT2D eigenvalue weighted by atomic mass is 16.4. The van der Waals surface area contributed by atoms with Gasteiger partial charge in [-0.3, -0.25) is 19.3 Å². The maximum atomic E-state index is 11.4. The minimum atomic E-state index is -1.09. The number of carbonyl (C=O) groups is 3. The van der Waals surface area contributed by atoms with E-state index in [2.05, 4.69) is 21.3 Å². The number of likely N-dealkylation sites (N-methyl/N-ethyl adjacent to an activating group) is 1. The van der Waals surface area contributed by atoms with Gasteiger partial charge >= 0.3 is 11.9 Å². The van der Waals surface area contributed by atoms with Crippen LogP contribution >= 0.6 is 0 Å². The Morgan fingerprint density at radius 3 is 2.11 bits per heavy atom. The third kappa shape index (κ3) is 14.3. The van der Waals surface area contributed by atoms with Crippen molar-refractivity contribution in [1.29, 1.82) is 0 Å². The molecule has 0 aliphatic rings. The summed E-state index contributed by atoms with van der Waals surface area (Å²) < 4.78 is 0. The molecule has 0 spiro atoms. The number of nitrogens with zero attached hydrogens (tertiary/aromatic N) is 1. The molecule has 0 saturated heterocycles. The molecule has 164 valence electrons. The first-order chi connectivity index (χ1) is 13.3. The highest BCUT2D eigenvalue weighted by Gasteiger charge is 2.20. The van der Waals surface area contributed by atoms with Crippen LogP contribution < -0.4 is 21.3 Å². The first-order valence-corrected chi connectivity index (χ1v) is 9.11. The summed E-state index contributed by atoms with van der Waals surface area (Å²) in [6.07, 6.45) is -1.15. The molecule has 0 aromatic heterocycles. The summed E-state index contributed by atoms with van der Waals surface area (Å²) >= 11 is 0. The minimum absolute atomic E-state index is 0.0180. The van der Waals surface area contributed by atoms with E-state index >= 15 is 0 Å². The van der Waals surface area contributed by atoms with Crippen molar-refractivity contribution in [3.63, 3.8) is 0 Å². The van der Waals surface area contributed by atoms with Crippen LogP contribution in [0, 0.1) is 0 Å². The lowest BCUT2D eigenvalue weighted by atomic mass is 10.1. The van der Waals surface area contributed by atoms with E-state index in [-0.39, 0.29) is 25.4 Å². The number of amides is 1. The van der Waals surface area contributed by atoms with Crippen LogP contribution in [0.5, 0.6) is 0 Å². The standard InChI is InChI=1S/C16H33N5O7/c1-17-14(24)9-21(10-15(25)26)7-6-19-3-2-18-4-5-20-13(16(27)28)8-12(23)11-22/h12-13,18-20,22-23H,2-11H2,1H3,(H,17,24)(H,25,26)(H,27,28). The number of hydrogen-bond donors (Lipinski definition) is 8. The fraction of sp³-hybridized carbons (Fsp3) is 0.812. The Morgan fingerprint density at radius 2 is 1.57 bits per heavy atom. The Hall–Kier alpha value is -1.83. The fourth-order valence-corrected chi connectivity index (χ4v) is 2.30. The Labute approximate surface area is 164 Å². The smallest absolute Gasteiger partial charge is 0.320 e. The SMILES string of the molecule is CNC(=O)CN(CCNCCNCCNC(CC(O)CO)C(=O)O)CC(=O)O. The molecule has 0 rings (SSSR count). The number of hydrogen-bond acceptors (Lipinski definition) is 9. The Bertz CT molecular complexity index is 467. The zero-order valence-electron chi connectivity index (χ0n) is 16.2. The molecule has 12 heteroatoms. The number of aliphatic hydroxyl groups is 2. The molecule has 0 fully saturated rings. The van der Waals surface area contributed by atoms with Crippen molar-refractivity contribution in [2.24, 2.45) is 0 Å². The van der Waals surface area contributed by atoms with E-state index < -0.39 is 30.7 Å². The average Bonchev–Trinajstić information content (AvgIpc) is 2.64. The molecule has 1 amide bonds. The topological polar surface area (TPSA) is 183 Å². The number of carbonyl (C=O) groups excluding carboxylic acids is 1. The summed E-state index contributed by atoms with van der Waals surface area (Å²) in [4.78, 5) is 34.7. The van der Waals surface area contributed by atoms with Gasteiger partial charge in [-0.2, -0.15) is 0 Å². The van der Waals surface area contributed by atoms with Crippen LogP contribution in [0.1, 0.15) is 6.42 Å². The van der Waals surface area contributed by atoms with Gasteiger partial charge in [-0.1, -0.05) is 0 Å². The van der Waals surface area contributed by atoms with E-state index in [9.17, 15) is 19.5 Å². The van der Waals surface area contributed by atoms with Crippen LogP contribution in [0.25, 0.3) is 0 Å². The Balaban J connectivity index is 3.82. The van der Waals surface area contributed by atoms with Crippen LogP contribution in [0.3, 0.4) is 0 Å². The number of aliphatic carboxylic acids is 2. The van der Waals surface area contributed by atoms with Gasteiger partial charge in [0.1, 0.15) is 6.04 Å². The number of carboxylic acids is 2. The van der Waals surface area contributed by atoms with Gasteiger partial charge in [0.2, 0.25) is 5.91 Å². The van der Waals surface area contributed by atoms with Crippen LogP contribution in [0.2, 0.25) is 0 Å². The first kappa shape index (κ1) is 26.2. The van der Waals surface area contributed by atoms with Crippen molar-refractivity contribution >= 4 is 17.8 Å². The van der Waals surface area contributed by atoms with E-state index in [0.29, 0.717) is 39.3 Å².